The van der Waals surface area contributed by atoms with Gasteiger partial charge in [0.05, 0.1) is 13.2 Å². The van der Waals surface area contributed by atoms with Gasteiger partial charge in [0.2, 0.25) is 0 Å². The molecular weight excluding hydrogens is 192 g/mol. The van der Waals surface area contributed by atoms with Gasteiger partial charge >= 0.3 is 0 Å². The molecule has 0 saturated carbocycles. The van der Waals surface area contributed by atoms with Gasteiger partial charge in [-0.15, -0.1) is 0 Å². The van der Waals surface area contributed by atoms with Crippen molar-refractivity contribution in [3.05, 3.63) is 0 Å². The van der Waals surface area contributed by atoms with Crippen LogP contribution in [0.5, 0.6) is 0 Å². The van der Waals surface area contributed by atoms with Crippen LogP contribution in [0.15, 0.2) is 0 Å². The summed E-state index contributed by atoms with van der Waals surface area (Å²) < 4.78 is 9.80. The van der Waals surface area contributed by atoms with Crippen LogP contribution in [0.4, 0.5) is 0 Å². The molecule has 6 heteroatoms. The lowest BCUT2D eigenvalue weighted by molar-refractivity contribution is -0.197. The molecule has 0 spiro atoms. The third-order valence-electron chi connectivity index (χ3n) is 1.84. The van der Waals surface area contributed by atoms with Crippen LogP contribution >= 0.6 is 0 Å². The van der Waals surface area contributed by atoms with E-state index in [2.05, 4.69) is 0 Å². The molecule has 4 atom stereocenters. The van der Waals surface area contributed by atoms with Crippen LogP contribution < -0.4 is 0 Å². The average Bonchev–Trinajstić information content (AvgIpc) is 2.23. The second-order valence-corrected chi connectivity index (χ2v) is 2.90. The fourth-order valence-corrected chi connectivity index (χ4v) is 0.889. The van der Waals surface area contributed by atoms with Crippen molar-refractivity contribution >= 4 is 0 Å². The Morgan fingerprint density at radius 2 is 1.71 bits per heavy atom. The lowest BCUT2D eigenvalue weighted by atomic mass is 10.1. The zero-order valence-electron chi connectivity index (χ0n) is 8.33. The molecule has 2 unspecified atom stereocenters. The summed E-state index contributed by atoms with van der Waals surface area (Å²) in [7, 11) is 1.41. The monoisotopic (exact) mass is 210 g/mol. The Bertz CT molecular complexity index is 142. The van der Waals surface area contributed by atoms with Gasteiger partial charge < -0.3 is 29.9 Å². The van der Waals surface area contributed by atoms with Gasteiger partial charge in [-0.1, -0.05) is 0 Å². The maximum atomic E-state index is 9.37. The molecule has 0 bridgehead atoms. The van der Waals surface area contributed by atoms with Crippen molar-refractivity contribution in [3.63, 3.8) is 0 Å². The predicted molar refractivity (Wildman–Crippen MR) is 47.5 cm³/mol. The molecule has 0 aliphatic rings. The van der Waals surface area contributed by atoms with Crippen molar-refractivity contribution in [2.75, 3.05) is 20.3 Å². The highest BCUT2D eigenvalue weighted by Crippen LogP contribution is 2.07. The molecule has 0 aromatic rings. The Labute approximate surface area is 82.7 Å². The molecule has 0 fully saturated rings. The van der Waals surface area contributed by atoms with Gasteiger partial charge in [0.15, 0.2) is 6.29 Å². The Hall–Kier alpha value is -0.240. The van der Waals surface area contributed by atoms with Crippen LogP contribution in [-0.2, 0) is 9.47 Å². The summed E-state index contributed by atoms with van der Waals surface area (Å²) in [4.78, 5) is 0. The Kier molecular flexibility index (Phi) is 6.98. The van der Waals surface area contributed by atoms with Gasteiger partial charge in [0.25, 0.3) is 0 Å². The van der Waals surface area contributed by atoms with Crippen molar-refractivity contribution < 1.29 is 29.9 Å². The normalized spacial score (nSPS) is 20.1. The molecular formula is C8H18O6. The fourth-order valence-electron chi connectivity index (χ4n) is 0.889. The smallest absolute Gasteiger partial charge is 0.155 e. The Morgan fingerprint density at radius 3 is 2.07 bits per heavy atom. The van der Waals surface area contributed by atoms with Crippen molar-refractivity contribution in [3.8, 4) is 0 Å². The predicted octanol–water partition coefficient (Wildman–Crippen LogP) is -1.93. The molecule has 6 nitrogen and oxygen atoms in total. The first-order valence-electron chi connectivity index (χ1n) is 4.32. The Balaban J connectivity index is 4.11. The van der Waals surface area contributed by atoms with Gasteiger partial charge in [-0.25, -0.2) is 0 Å². The van der Waals surface area contributed by atoms with Gasteiger partial charge in [-0.2, -0.15) is 0 Å². The van der Waals surface area contributed by atoms with E-state index in [1.54, 1.807) is 6.92 Å². The highest BCUT2D eigenvalue weighted by Gasteiger charge is 2.27. The van der Waals surface area contributed by atoms with Gasteiger partial charge in [0, 0.05) is 7.11 Å². The second-order valence-electron chi connectivity index (χ2n) is 2.90. The van der Waals surface area contributed by atoms with Crippen molar-refractivity contribution in [1.82, 2.24) is 0 Å². The number of aliphatic hydroxyl groups excluding tert-OH is 4. The van der Waals surface area contributed by atoms with Gasteiger partial charge in [-0.05, 0) is 6.92 Å². The average molecular weight is 210 g/mol. The summed E-state index contributed by atoms with van der Waals surface area (Å²) in [5.41, 5.74) is 0. The van der Waals surface area contributed by atoms with Crippen LogP contribution in [0.2, 0.25) is 0 Å². The van der Waals surface area contributed by atoms with E-state index in [9.17, 15) is 5.11 Å². The van der Waals surface area contributed by atoms with Gasteiger partial charge in [-0.3, -0.25) is 0 Å². The number of hydrogen-bond donors (Lipinski definition) is 4. The topological polar surface area (TPSA) is 99.4 Å². The third kappa shape index (κ3) is 4.32. The maximum absolute atomic E-state index is 9.37. The van der Waals surface area contributed by atoms with Gasteiger partial charge in [0.1, 0.15) is 18.3 Å². The summed E-state index contributed by atoms with van der Waals surface area (Å²) >= 11 is 0. The molecule has 0 heterocycles. The highest BCUT2D eigenvalue weighted by atomic mass is 16.7. The van der Waals surface area contributed by atoms with E-state index in [4.69, 9.17) is 24.8 Å². The molecule has 4 N–H and O–H groups in total. The van der Waals surface area contributed by atoms with Crippen LogP contribution in [0.25, 0.3) is 0 Å². The quantitative estimate of drug-likeness (QED) is 0.365. The molecule has 0 radical (unpaired) electrons. The molecule has 0 rings (SSSR count). The standard InChI is InChI=1S/C8H18O6/c1-5(13-2)14-7(4-10)8(12)6(11)3-9/h5-12H,3-4H2,1-2H3/t5?,6-,7?,8+/m0/s1. The van der Waals surface area contributed by atoms with Crippen LogP contribution in [0, 0.1) is 0 Å². The number of rotatable bonds is 7. The first-order chi connectivity index (χ1) is 6.56. The molecule has 0 amide bonds. The summed E-state index contributed by atoms with van der Waals surface area (Å²) in [5.74, 6) is 0. The van der Waals surface area contributed by atoms with E-state index in [0.717, 1.165) is 0 Å². The van der Waals surface area contributed by atoms with E-state index in [-0.39, 0.29) is 0 Å². The lowest BCUT2D eigenvalue weighted by Crippen LogP contribution is -2.44. The van der Waals surface area contributed by atoms with Crippen molar-refractivity contribution in [2.24, 2.45) is 0 Å². The molecule has 14 heavy (non-hydrogen) atoms. The minimum atomic E-state index is -1.34. The van der Waals surface area contributed by atoms with Crippen LogP contribution in [-0.4, -0.2) is 65.4 Å². The molecule has 0 aliphatic carbocycles. The largest absolute Gasteiger partial charge is 0.394 e. The molecule has 0 aromatic heterocycles. The fraction of sp³-hybridized carbons (Fsp3) is 1.00. The highest BCUT2D eigenvalue weighted by molar-refractivity contribution is 4.75. The van der Waals surface area contributed by atoms with Crippen LogP contribution in [0.3, 0.4) is 0 Å². The summed E-state index contributed by atoms with van der Waals surface area (Å²) in [5, 5.41) is 35.9. The second kappa shape index (κ2) is 7.10. The van der Waals surface area contributed by atoms with Crippen molar-refractivity contribution in [2.45, 2.75) is 31.5 Å². The number of hydrogen-bond acceptors (Lipinski definition) is 6. The SMILES string of the molecule is COC(C)OC(CO)[C@H](O)[C@@H](O)CO. The molecule has 0 aliphatic heterocycles. The van der Waals surface area contributed by atoms with E-state index in [1.165, 1.54) is 7.11 Å². The zero-order chi connectivity index (χ0) is 11.1. The van der Waals surface area contributed by atoms with E-state index >= 15 is 0 Å². The van der Waals surface area contributed by atoms with Crippen LogP contribution in [0.1, 0.15) is 6.92 Å². The third-order valence-corrected chi connectivity index (χ3v) is 1.84. The molecule has 0 aromatic carbocycles. The first kappa shape index (κ1) is 13.8. The number of ether oxygens (including phenoxy) is 2. The molecule has 86 valence electrons. The number of methoxy groups -OCH3 is 1. The molecule has 0 saturated heterocycles. The zero-order valence-corrected chi connectivity index (χ0v) is 8.33. The maximum Gasteiger partial charge on any atom is 0.155 e. The van der Waals surface area contributed by atoms with E-state index in [1.807, 2.05) is 0 Å². The Morgan fingerprint density at radius 1 is 1.14 bits per heavy atom. The summed E-state index contributed by atoms with van der Waals surface area (Å²) in [6.45, 7) is 0.523. The first-order valence-corrected chi connectivity index (χ1v) is 4.32. The number of aliphatic hydroxyl groups is 4. The van der Waals surface area contributed by atoms with E-state index in [0.29, 0.717) is 0 Å². The van der Waals surface area contributed by atoms with Crippen molar-refractivity contribution in [1.29, 1.82) is 0 Å². The van der Waals surface area contributed by atoms with E-state index < -0.39 is 37.8 Å². The summed E-state index contributed by atoms with van der Waals surface area (Å²) in [6.07, 6.45) is -4.27. The lowest BCUT2D eigenvalue weighted by Gasteiger charge is -2.26. The summed E-state index contributed by atoms with van der Waals surface area (Å²) in [6, 6.07) is 0. The minimum Gasteiger partial charge on any atom is -0.394 e. The minimum absolute atomic E-state index is 0.466.